The number of nitrogens with zero attached hydrogens (tertiary/aromatic N) is 4. The summed E-state index contributed by atoms with van der Waals surface area (Å²) in [5.74, 6) is 1.14. The summed E-state index contributed by atoms with van der Waals surface area (Å²) in [7, 11) is 0. The Kier molecular flexibility index (Phi) is 5.08. The molecule has 0 aliphatic carbocycles. The molecule has 1 saturated heterocycles. The Hall–Kier alpha value is -2.43. The molecule has 1 aromatic heterocycles. The molecule has 1 aliphatic heterocycles. The Morgan fingerprint density at radius 1 is 0.958 bits per heavy atom. The molecule has 0 saturated carbocycles. The molecule has 1 aromatic carbocycles. The zero-order valence-electron chi connectivity index (χ0n) is 14.4. The molecule has 0 N–H and O–H groups in total. The molecule has 5 nitrogen and oxygen atoms in total. The minimum absolute atomic E-state index is 0.241. The third-order valence-electron chi connectivity index (χ3n) is 4.49. The van der Waals surface area contributed by atoms with Crippen LogP contribution in [-0.4, -0.2) is 47.2 Å². The summed E-state index contributed by atoms with van der Waals surface area (Å²) >= 11 is 0. The molecule has 1 amide bonds. The predicted molar refractivity (Wildman–Crippen MR) is 95.1 cm³/mol. The molecule has 1 aliphatic rings. The van der Waals surface area contributed by atoms with Gasteiger partial charge in [-0.05, 0) is 38.0 Å². The molecule has 0 bridgehead atoms. The molecule has 2 aromatic rings. The van der Waals surface area contributed by atoms with Crippen molar-refractivity contribution in [3.63, 3.8) is 0 Å². The van der Waals surface area contributed by atoms with E-state index in [0.717, 1.165) is 44.1 Å². The van der Waals surface area contributed by atoms with Gasteiger partial charge in [-0.15, -0.1) is 5.10 Å². The topological polar surface area (TPSA) is 49.3 Å². The highest BCUT2D eigenvalue weighted by molar-refractivity contribution is 5.76. The highest BCUT2D eigenvalue weighted by atomic mass is 16.2. The highest BCUT2D eigenvalue weighted by Gasteiger charge is 2.21. The van der Waals surface area contributed by atoms with Crippen molar-refractivity contribution in [2.45, 2.75) is 26.7 Å². The second kappa shape index (κ2) is 7.43. The maximum absolute atomic E-state index is 12.4. The van der Waals surface area contributed by atoms with Crippen molar-refractivity contribution in [3.05, 3.63) is 53.2 Å². The Morgan fingerprint density at radius 2 is 1.67 bits per heavy atom. The van der Waals surface area contributed by atoms with Gasteiger partial charge in [0.25, 0.3) is 0 Å². The molecule has 5 heteroatoms. The van der Waals surface area contributed by atoms with E-state index < -0.39 is 0 Å². The zero-order valence-corrected chi connectivity index (χ0v) is 14.4. The smallest absolute Gasteiger partial charge is 0.223 e. The predicted octanol–water partition coefficient (Wildman–Crippen LogP) is 2.37. The Morgan fingerprint density at radius 3 is 2.29 bits per heavy atom. The number of amides is 1. The normalized spacial score (nSPS) is 14.8. The average Bonchev–Trinajstić information content (AvgIpc) is 2.62. The van der Waals surface area contributed by atoms with Crippen molar-refractivity contribution in [1.29, 1.82) is 0 Å². The standard InChI is InChI=1S/C19H24N4O/c1-15-3-6-17(7-4-15)8-10-19(24)23-13-11-22(12-14-23)18-9-5-16(2)20-21-18/h3-7,9H,8,10-14H2,1-2H3. The van der Waals surface area contributed by atoms with E-state index >= 15 is 0 Å². The van der Waals surface area contributed by atoms with Crippen molar-refractivity contribution in [1.82, 2.24) is 15.1 Å². The van der Waals surface area contributed by atoms with E-state index in [0.29, 0.717) is 6.42 Å². The fourth-order valence-corrected chi connectivity index (χ4v) is 2.91. The monoisotopic (exact) mass is 324 g/mol. The summed E-state index contributed by atoms with van der Waals surface area (Å²) in [4.78, 5) is 16.6. The van der Waals surface area contributed by atoms with Gasteiger partial charge in [-0.1, -0.05) is 29.8 Å². The molecular formula is C19H24N4O. The third kappa shape index (κ3) is 4.10. The number of aromatic nitrogens is 2. The third-order valence-corrected chi connectivity index (χ3v) is 4.49. The molecule has 3 rings (SSSR count). The molecule has 2 heterocycles. The molecule has 126 valence electrons. The van der Waals surface area contributed by atoms with Crippen LogP contribution in [-0.2, 0) is 11.2 Å². The minimum Gasteiger partial charge on any atom is -0.352 e. The van der Waals surface area contributed by atoms with Gasteiger partial charge in [-0.3, -0.25) is 4.79 Å². The van der Waals surface area contributed by atoms with Crippen LogP contribution in [0.25, 0.3) is 0 Å². The SMILES string of the molecule is Cc1ccc(CCC(=O)N2CCN(c3ccc(C)nn3)CC2)cc1. The number of benzene rings is 1. The number of carbonyl (C=O) groups excluding carboxylic acids is 1. The van der Waals surface area contributed by atoms with Crippen molar-refractivity contribution in [2.75, 3.05) is 31.1 Å². The number of rotatable bonds is 4. The summed E-state index contributed by atoms with van der Waals surface area (Å²) in [6.07, 6.45) is 1.39. The van der Waals surface area contributed by atoms with Gasteiger partial charge >= 0.3 is 0 Å². The lowest BCUT2D eigenvalue weighted by Crippen LogP contribution is -2.49. The number of hydrogen-bond donors (Lipinski definition) is 0. The molecular weight excluding hydrogens is 300 g/mol. The van der Waals surface area contributed by atoms with Gasteiger partial charge in [0.05, 0.1) is 5.69 Å². The largest absolute Gasteiger partial charge is 0.352 e. The Labute approximate surface area is 143 Å². The van der Waals surface area contributed by atoms with Gasteiger partial charge in [-0.25, -0.2) is 0 Å². The first kappa shape index (κ1) is 16.4. The Balaban J connectivity index is 1.48. The van der Waals surface area contributed by atoms with Crippen molar-refractivity contribution >= 4 is 11.7 Å². The van der Waals surface area contributed by atoms with Gasteiger partial charge < -0.3 is 9.80 Å². The van der Waals surface area contributed by atoms with Gasteiger partial charge in [-0.2, -0.15) is 5.10 Å². The highest BCUT2D eigenvalue weighted by Crippen LogP contribution is 2.14. The van der Waals surface area contributed by atoms with E-state index in [4.69, 9.17) is 0 Å². The van der Waals surface area contributed by atoms with Gasteiger partial charge in [0.1, 0.15) is 0 Å². The number of anilines is 1. The molecule has 1 fully saturated rings. The van der Waals surface area contributed by atoms with Crippen LogP contribution in [0, 0.1) is 13.8 Å². The number of carbonyl (C=O) groups is 1. The summed E-state index contributed by atoms with van der Waals surface area (Å²) in [5.41, 5.74) is 3.39. The number of piperazine rings is 1. The van der Waals surface area contributed by atoms with Crippen LogP contribution in [0.15, 0.2) is 36.4 Å². The Bertz CT molecular complexity index is 674. The van der Waals surface area contributed by atoms with Crippen LogP contribution in [0.4, 0.5) is 5.82 Å². The fraction of sp³-hybridized carbons (Fsp3) is 0.421. The molecule has 24 heavy (non-hydrogen) atoms. The molecule has 0 spiro atoms. The van der Waals surface area contributed by atoms with E-state index in [1.165, 1.54) is 11.1 Å². The van der Waals surface area contributed by atoms with Crippen LogP contribution in [0.5, 0.6) is 0 Å². The first-order chi connectivity index (χ1) is 11.6. The van der Waals surface area contributed by atoms with E-state index in [9.17, 15) is 4.79 Å². The van der Waals surface area contributed by atoms with E-state index in [-0.39, 0.29) is 5.91 Å². The first-order valence-corrected chi connectivity index (χ1v) is 8.50. The van der Waals surface area contributed by atoms with E-state index in [1.54, 1.807) is 0 Å². The quantitative estimate of drug-likeness (QED) is 0.866. The molecule has 0 unspecified atom stereocenters. The second-order valence-corrected chi connectivity index (χ2v) is 6.39. The summed E-state index contributed by atoms with van der Waals surface area (Å²) < 4.78 is 0. The summed E-state index contributed by atoms with van der Waals surface area (Å²) in [6, 6.07) is 12.4. The molecule has 0 radical (unpaired) electrons. The van der Waals surface area contributed by atoms with Crippen LogP contribution in [0.3, 0.4) is 0 Å². The second-order valence-electron chi connectivity index (χ2n) is 6.39. The first-order valence-electron chi connectivity index (χ1n) is 8.50. The zero-order chi connectivity index (χ0) is 16.9. The van der Waals surface area contributed by atoms with Crippen molar-refractivity contribution in [2.24, 2.45) is 0 Å². The van der Waals surface area contributed by atoms with Crippen LogP contribution in [0.2, 0.25) is 0 Å². The average molecular weight is 324 g/mol. The lowest BCUT2D eigenvalue weighted by molar-refractivity contribution is -0.131. The lowest BCUT2D eigenvalue weighted by Gasteiger charge is -2.35. The van der Waals surface area contributed by atoms with Gasteiger partial charge in [0.15, 0.2) is 5.82 Å². The lowest BCUT2D eigenvalue weighted by atomic mass is 10.1. The maximum Gasteiger partial charge on any atom is 0.223 e. The van der Waals surface area contributed by atoms with Crippen LogP contribution >= 0.6 is 0 Å². The van der Waals surface area contributed by atoms with Crippen LogP contribution in [0.1, 0.15) is 23.2 Å². The van der Waals surface area contributed by atoms with E-state index in [2.05, 4.69) is 46.3 Å². The van der Waals surface area contributed by atoms with Crippen molar-refractivity contribution < 1.29 is 4.79 Å². The van der Waals surface area contributed by atoms with Gasteiger partial charge in [0.2, 0.25) is 5.91 Å². The van der Waals surface area contributed by atoms with Gasteiger partial charge in [0, 0.05) is 32.6 Å². The maximum atomic E-state index is 12.4. The van der Waals surface area contributed by atoms with E-state index in [1.807, 2.05) is 24.0 Å². The van der Waals surface area contributed by atoms with Crippen molar-refractivity contribution in [3.8, 4) is 0 Å². The summed E-state index contributed by atoms with van der Waals surface area (Å²) in [6.45, 7) is 7.14. The minimum atomic E-state index is 0.241. The summed E-state index contributed by atoms with van der Waals surface area (Å²) in [5, 5.41) is 8.33. The van der Waals surface area contributed by atoms with Crippen LogP contribution < -0.4 is 4.90 Å². The number of aryl methyl sites for hydroxylation is 3. The number of hydrogen-bond acceptors (Lipinski definition) is 4. The molecule has 0 atom stereocenters. The fourth-order valence-electron chi connectivity index (χ4n) is 2.91.